The summed E-state index contributed by atoms with van der Waals surface area (Å²) in [7, 11) is 0. The fourth-order valence-electron chi connectivity index (χ4n) is 2.27. The summed E-state index contributed by atoms with van der Waals surface area (Å²) < 4.78 is 31.1. The molecule has 19 heavy (non-hydrogen) atoms. The number of hydrogen-bond donors (Lipinski definition) is 1. The van der Waals surface area contributed by atoms with Crippen molar-refractivity contribution in [3.8, 4) is 0 Å². The summed E-state index contributed by atoms with van der Waals surface area (Å²) in [5, 5.41) is 2.64. The zero-order chi connectivity index (χ0) is 14.7. The summed E-state index contributed by atoms with van der Waals surface area (Å²) in [5.74, 6) is -2.30. The van der Waals surface area contributed by atoms with Gasteiger partial charge in [0.25, 0.3) is 0 Å². The van der Waals surface area contributed by atoms with Gasteiger partial charge in [-0.15, -0.1) is 0 Å². The van der Waals surface area contributed by atoms with Gasteiger partial charge in [-0.1, -0.05) is 0 Å². The molecule has 5 heteroatoms. The van der Waals surface area contributed by atoms with Crippen molar-refractivity contribution in [3.05, 3.63) is 6.92 Å². The van der Waals surface area contributed by atoms with Crippen LogP contribution < -0.4 is 5.32 Å². The van der Waals surface area contributed by atoms with Gasteiger partial charge in [-0.3, -0.25) is 0 Å². The molecule has 1 radical (unpaired) electrons. The summed E-state index contributed by atoms with van der Waals surface area (Å²) in [4.78, 5) is 11.5. The lowest BCUT2D eigenvalue weighted by molar-refractivity contribution is -0.0471. The highest BCUT2D eigenvalue weighted by molar-refractivity contribution is 5.68. The highest BCUT2D eigenvalue weighted by atomic mass is 19.3. The molecule has 0 heterocycles. The van der Waals surface area contributed by atoms with Crippen LogP contribution in [0.4, 0.5) is 13.6 Å². The number of halogens is 2. The third-order valence-electron chi connectivity index (χ3n) is 3.18. The molecule has 1 aliphatic carbocycles. The number of hydrogen-bond acceptors (Lipinski definition) is 2. The predicted molar refractivity (Wildman–Crippen MR) is 70.0 cm³/mol. The van der Waals surface area contributed by atoms with Gasteiger partial charge in [-0.05, 0) is 52.9 Å². The molecular formula is C14H24F2NO2. The maximum Gasteiger partial charge on any atom is 0.407 e. The Kier molecular flexibility index (Phi) is 5.16. The lowest BCUT2D eigenvalue weighted by atomic mass is 9.83. The van der Waals surface area contributed by atoms with E-state index in [4.69, 9.17) is 4.74 Å². The van der Waals surface area contributed by atoms with E-state index >= 15 is 0 Å². The van der Waals surface area contributed by atoms with Gasteiger partial charge >= 0.3 is 6.09 Å². The van der Waals surface area contributed by atoms with E-state index in [-0.39, 0.29) is 24.8 Å². The van der Waals surface area contributed by atoms with E-state index in [9.17, 15) is 13.6 Å². The molecule has 1 atom stereocenters. The van der Waals surface area contributed by atoms with Crippen LogP contribution in [0.25, 0.3) is 0 Å². The van der Waals surface area contributed by atoms with Crippen LogP contribution in [-0.2, 0) is 4.74 Å². The Hall–Kier alpha value is -0.870. The Labute approximate surface area is 114 Å². The third kappa shape index (κ3) is 6.73. The van der Waals surface area contributed by atoms with Crippen LogP contribution >= 0.6 is 0 Å². The van der Waals surface area contributed by atoms with Gasteiger partial charge in [0.05, 0.1) is 0 Å². The topological polar surface area (TPSA) is 38.3 Å². The van der Waals surface area contributed by atoms with E-state index in [1.54, 1.807) is 20.8 Å². The van der Waals surface area contributed by atoms with Crippen molar-refractivity contribution in [1.29, 1.82) is 0 Å². The number of nitrogens with one attached hydrogen (secondary N) is 1. The zero-order valence-electron chi connectivity index (χ0n) is 12.0. The van der Waals surface area contributed by atoms with Gasteiger partial charge in [0.1, 0.15) is 5.60 Å². The minimum Gasteiger partial charge on any atom is -0.444 e. The van der Waals surface area contributed by atoms with Crippen LogP contribution in [0.15, 0.2) is 0 Å². The number of carbonyl (C=O) groups is 1. The number of rotatable bonds is 3. The first kappa shape index (κ1) is 16.2. The van der Waals surface area contributed by atoms with Crippen LogP contribution in [0, 0.1) is 12.8 Å². The maximum atomic E-state index is 13.0. The standard InChI is InChI=1S/C14H24F2NO2/c1-10(17-12(18)19-13(2,3)4)9-11-5-7-14(15,16)8-6-11/h10-11H,1,5-9H2,2-4H3,(H,17,18)/t10-/m0/s1. The van der Waals surface area contributed by atoms with E-state index in [2.05, 4.69) is 12.2 Å². The van der Waals surface area contributed by atoms with Crippen molar-refractivity contribution < 1.29 is 18.3 Å². The molecule has 111 valence electrons. The largest absolute Gasteiger partial charge is 0.444 e. The summed E-state index contributed by atoms with van der Waals surface area (Å²) in [6.45, 7) is 9.20. The first-order valence-corrected chi connectivity index (χ1v) is 6.78. The molecule has 1 fully saturated rings. The Morgan fingerprint density at radius 3 is 2.42 bits per heavy atom. The molecule has 1 rings (SSSR count). The summed E-state index contributed by atoms with van der Waals surface area (Å²) >= 11 is 0. The van der Waals surface area contributed by atoms with Crippen LogP contribution in [-0.4, -0.2) is 23.7 Å². The number of amides is 1. The van der Waals surface area contributed by atoms with Gasteiger partial charge in [0.2, 0.25) is 5.92 Å². The van der Waals surface area contributed by atoms with Gasteiger partial charge in [-0.2, -0.15) is 0 Å². The third-order valence-corrected chi connectivity index (χ3v) is 3.18. The van der Waals surface area contributed by atoms with Crippen molar-refractivity contribution in [2.45, 2.75) is 70.4 Å². The van der Waals surface area contributed by atoms with Crippen molar-refractivity contribution >= 4 is 6.09 Å². The Morgan fingerprint density at radius 2 is 1.95 bits per heavy atom. The summed E-state index contributed by atoms with van der Waals surface area (Å²) in [6.07, 6.45) is 0.987. The van der Waals surface area contributed by atoms with E-state index < -0.39 is 17.6 Å². The highest BCUT2D eigenvalue weighted by Gasteiger charge is 2.35. The van der Waals surface area contributed by atoms with Crippen molar-refractivity contribution in [1.82, 2.24) is 5.32 Å². The van der Waals surface area contributed by atoms with Crippen LogP contribution in [0.5, 0.6) is 0 Å². The van der Waals surface area contributed by atoms with Gasteiger partial charge in [-0.25, -0.2) is 13.6 Å². The average molecular weight is 276 g/mol. The van der Waals surface area contributed by atoms with Crippen molar-refractivity contribution in [2.75, 3.05) is 0 Å². The van der Waals surface area contributed by atoms with E-state index in [0.717, 1.165) is 0 Å². The first-order chi connectivity index (χ1) is 8.57. The lowest BCUT2D eigenvalue weighted by Crippen LogP contribution is -2.39. The lowest BCUT2D eigenvalue weighted by Gasteiger charge is -2.30. The molecule has 1 aliphatic rings. The number of alkyl halides is 2. The first-order valence-electron chi connectivity index (χ1n) is 6.78. The maximum absolute atomic E-state index is 13.0. The second-order valence-corrected chi connectivity index (χ2v) is 6.38. The second kappa shape index (κ2) is 6.06. The quantitative estimate of drug-likeness (QED) is 0.848. The fourth-order valence-corrected chi connectivity index (χ4v) is 2.27. The molecule has 0 aliphatic heterocycles. The minimum absolute atomic E-state index is 0.0587. The molecule has 0 aromatic rings. The highest BCUT2D eigenvalue weighted by Crippen LogP contribution is 2.37. The summed E-state index contributed by atoms with van der Waals surface area (Å²) in [6, 6.07) is -0.299. The molecule has 3 nitrogen and oxygen atoms in total. The minimum atomic E-state index is -2.51. The second-order valence-electron chi connectivity index (χ2n) is 6.38. The monoisotopic (exact) mass is 276 g/mol. The van der Waals surface area contributed by atoms with Crippen LogP contribution in [0.1, 0.15) is 52.9 Å². The van der Waals surface area contributed by atoms with E-state index in [1.807, 2.05) is 0 Å². The van der Waals surface area contributed by atoms with Gasteiger partial charge < -0.3 is 10.1 Å². The van der Waals surface area contributed by atoms with Gasteiger partial charge in [0.15, 0.2) is 0 Å². The smallest absolute Gasteiger partial charge is 0.407 e. The number of ether oxygens (including phenoxy) is 1. The molecule has 0 aromatic carbocycles. The molecule has 0 spiro atoms. The molecule has 1 N–H and O–H groups in total. The average Bonchev–Trinajstić information content (AvgIpc) is 2.18. The molecule has 0 bridgehead atoms. The molecule has 1 saturated carbocycles. The SMILES string of the molecule is [CH2][C@@H](CC1CCC(F)(F)CC1)NC(=O)OC(C)(C)C. The van der Waals surface area contributed by atoms with Crippen LogP contribution in [0.2, 0.25) is 0 Å². The van der Waals surface area contributed by atoms with E-state index in [1.165, 1.54) is 0 Å². The number of carbonyl (C=O) groups excluding carboxylic acids is 1. The predicted octanol–water partition coefficient (Wildman–Crippen LogP) is 3.93. The van der Waals surface area contributed by atoms with E-state index in [0.29, 0.717) is 19.3 Å². The normalized spacial score (nSPS) is 21.8. The van der Waals surface area contributed by atoms with Crippen molar-refractivity contribution in [2.24, 2.45) is 5.92 Å². The van der Waals surface area contributed by atoms with Crippen LogP contribution in [0.3, 0.4) is 0 Å². The molecule has 0 saturated heterocycles. The Bertz CT molecular complexity index is 303. The molecule has 1 amide bonds. The molecule has 0 unspecified atom stereocenters. The zero-order valence-corrected chi connectivity index (χ0v) is 12.0. The van der Waals surface area contributed by atoms with Gasteiger partial charge in [0, 0.05) is 18.9 Å². The van der Waals surface area contributed by atoms with Crippen molar-refractivity contribution in [3.63, 3.8) is 0 Å². The Balaban J connectivity index is 2.28. The summed E-state index contributed by atoms with van der Waals surface area (Å²) in [5.41, 5.74) is -0.545. The Morgan fingerprint density at radius 1 is 1.42 bits per heavy atom. The fraction of sp³-hybridized carbons (Fsp3) is 0.857. The number of alkyl carbamates (subject to hydrolysis) is 1. The molecular weight excluding hydrogens is 252 g/mol. The molecule has 0 aromatic heterocycles.